The topological polar surface area (TPSA) is 57.6 Å². The summed E-state index contributed by atoms with van der Waals surface area (Å²) in [6.07, 6.45) is 6.39. The number of nitrogens with zero attached hydrogens (tertiary/aromatic N) is 1. The molecule has 110 valence electrons. The van der Waals surface area contributed by atoms with E-state index in [0.717, 1.165) is 12.8 Å². The molecule has 1 saturated heterocycles. The van der Waals surface area contributed by atoms with Gasteiger partial charge in [-0.3, -0.25) is 9.59 Å². The highest BCUT2D eigenvalue weighted by Gasteiger charge is 2.27. The number of carboxylic acid groups (broad SMARTS) is 1. The van der Waals surface area contributed by atoms with Crippen LogP contribution in [-0.4, -0.2) is 35.0 Å². The molecule has 1 atom stereocenters. The van der Waals surface area contributed by atoms with E-state index in [0.29, 0.717) is 38.3 Å². The van der Waals surface area contributed by atoms with E-state index >= 15 is 0 Å². The number of carbonyl (C=O) groups is 2. The van der Waals surface area contributed by atoms with Crippen LogP contribution >= 0.6 is 0 Å². The molecule has 0 aromatic heterocycles. The first-order valence-corrected chi connectivity index (χ1v) is 7.59. The van der Waals surface area contributed by atoms with Gasteiger partial charge < -0.3 is 10.0 Å². The van der Waals surface area contributed by atoms with Crippen molar-refractivity contribution in [1.82, 2.24) is 4.90 Å². The Balaban J connectivity index is 2.35. The minimum Gasteiger partial charge on any atom is -0.481 e. The molecule has 0 spiro atoms. The third-order valence-electron chi connectivity index (χ3n) is 4.20. The molecular formula is C15H27NO3. The molecule has 0 aliphatic carbocycles. The normalized spacial score (nSPS) is 18.3. The molecule has 19 heavy (non-hydrogen) atoms. The Morgan fingerprint density at radius 1 is 1.26 bits per heavy atom. The first-order valence-electron chi connectivity index (χ1n) is 7.59. The number of hydrogen-bond donors (Lipinski definition) is 1. The van der Waals surface area contributed by atoms with E-state index in [4.69, 9.17) is 5.11 Å². The third-order valence-corrected chi connectivity index (χ3v) is 4.20. The van der Waals surface area contributed by atoms with Crippen LogP contribution in [0.15, 0.2) is 0 Å². The van der Waals surface area contributed by atoms with Crippen molar-refractivity contribution in [3.63, 3.8) is 0 Å². The van der Waals surface area contributed by atoms with Crippen LogP contribution in [0.25, 0.3) is 0 Å². The maximum Gasteiger partial charge on any atom is 0.306 e. The van der Waals surface area contributed by atoms with Gasteiger partial charge in [-0.15, -0.1) is 0 Å². The maximum atomic E-state index is 12.2. The lowest BCUT2D eigenvalue weighted by Crippen LogP contribution is -2.40. The summed E-state index contributed by atoms with van der Waals surface area (Å²) in [6.45, 7) is 5.54. The summed E-state index contributed by atoms with van der Waals surface area (Å²) in [5.74, 6) is -0.274. The number of piperidine rings is 1. The average Bonchev–Trinajstić information content (AvgIpc) is 2.43. The zero-order valence-electron chi connectivity index (χ0n) is 12.2. The summed E-state index contributed by atoms with van der Waals surface area (Å²) in [4.78, 5) is 24.9. The van der Waals surface area contributed by atoms with Crippen molar-refractivity contribution in [3.05, 3.63) is 0 Å². The lowest BCUT2D eigenvalue weighted by molar-refractivity contribution is -0.146. The van der Waals surface area contributed by atoms with E-state index in [2.05, 4.69) is 13.8 Å². The summed E-state index contributed by atoms with van der Waals surface area (Å²) < 4.78 is 0. The van der Waals surface area contributed by atoms with Gasteiger partial charge in [-0.25, -0.2) is 0 Å². The predicted molar refractivity (Wildman–Crippen MR) is 74.9 cm³/mol. The number of hydrogen-bond acceptors (Lipinski definition) is 2. The van der Waals surface area contributed by atoms with Crippen LogP contribution in [0.5, 0.6) is 0 Å². The van der Waals surface area contributed by atoms with Crippen molar-refractivity contribution in [2.45, 2.75) is 58.8 Å². The van der Waals surface area contributed by atoms with Crippen molar-refractivity contribution in [3.8, 4) is 0 Å². The van der Waals surface area contributed by atoms with Crippen LogP contribution in [0, 0.1) is 11.8 Å². The summed E-state index contributed by atoms with van der Waals surface area (Å²) in [6, 6.07) is 0. The molecule has 1 heterocycles. The Hall–Kier alpha value is -1.06. The van der Waals surface area contributed by atoms with Gasteiger partial charge in [0.1, 0.15) is 0 Å². The number of unbranched alkanes of at least 4 members (excludes halogenated alkanes) is 1. The monoisotopic (exact) mass is 269 g/mol. The molecule has 4 nitrogen and oxygen atoms in total. The number of aliphatic carboxylic acids is 1. The highest BCUT2D eigenvalue weighted by Crippen LogP contribution is 2.22. The summed E-state index contributed by atoms with van der Waals surface area (Å²) in [7, 11) is 0. The molecule has 1 rings (SSSR count). The van der Waals surface area contributed by atoms with Gasteiger partial charge in [0.05, 0.1) is 5.92 Å². The zero-order valence-corrected chi connectivity index (χ0v) is 12.2. The molecule has 1 unspecified atom stereocenters. The van der Waals surface area contributed by atoms with E-state index in [1.54, 1.807) is 0 Å². The smallest absolute Gasteiger partial charge is 0.306 e. The lowest BCUT2D eigenvalue weighted by Gasteiger charge is -2.31. The molecule has 1 amide bonds. The van der Waals surface area contributed by atoms with Crippen LogP contribution < -0.4 is 0 Å². The van der Waals surface area contributed by atoms with Crippen LogP contribution in [0.3, 0.4) is 0 Å². The Labute approximate surface area is 116 Å². The number of carbonyl (C=O) groups excluding carboxylic acids is 1. The molecular weight excluding hydrogens is 242 g/mol. The van der Waals surface area contributed by atoms with Crippen molar-refractivity contribution >= 4 is 11.9 Å². The van der Waals surface area contributed by atoms with Gasteiger partial charge in [-0.2, -0.15) is 0 Å². The molecule has 1 aliphatic rings. The maximum absolute atomic E-state index is 12.2. The lowest BCUT2D eigenvalue weighted by atomic mass is 9.93. The fourth-order valence-corrected chi connectivity index (χ4v) is 2.70. The molecule has 0 saturated carbocycles. The van der Waals surface area contributed by atoms with Crippen molar-refractivity contribution in [2.24, 2.45) is 11.8 Å². The summed E-state index contributed by atoms with van der Waals surface area (Å²) in [5, 5.41) is 8.94. The Morgan fingerprint density at radius 3 is 2.37 bits per heavy atom. The minimum absolute atomic E-state index is 0.215. The Morgan fingerprint density at radius 2 is 1.89 bits per heavy atom. The van der Waals surface area contributed by atoms with Crippen LogP contribution in [0.2, 0.25) is 0 Å². The fourth-order valence-electron chi connectivity index (χ4n) is 2.70. The molecule has 1 N–H and O–H groups in total. The van der Waals surface area contributed by atoms with Gasteiger partial charge in [-0.05, 0) is 25.2 Å². The van der Waals surface area contributed by atoms with Crippen LogP contribution in [0.1, 0.15) is 58.8 Å². The molecule has 4 heteroatoms. The number of likely N-dealkylation sites (tertiary alicyclic amines) is 1. The highest BCUT2D eigenvalue weighted by molar-refractivity contribution is 5.77. The highest BCUT2D eigenvalue weighted by atomic mass is 16.4. The molecule has 0 aromatic carbocycles. The van der Waals surface area contributed by atoms with Gasteiger partial charge in [0.25, 0.3) is 0 Å². The molecule has 0 radical (unpaired) electrons. The fraction of sp³-hybridized carbons (Fsp3) is 0.867. The second-order valence-corrected chi connectivity index (χ2v) is 5.61. The predicted octanol–water partition coefficient (Wildman–Crippen LogP) is 2.92. The first kappa shape index (κ1) is 16.0. The van der Waals surface area contributed by atoms with Crippen LogP contribution in [-0.2, 0) is 9.59 Å². The number of amides is 1. The van der Waals surface area contributed by atoms with Gasteiger partial charge in [0.2, 0.25) is 5.91 Å². The SMILES string of the molecule is CCCCC(CC)CC(=O)N1CCC(C(=O)O)CC1. The standard InChI is InChI=1S/C15H27NO3/c1-3-5-6-12(4-2)11-14(17)16-9-7-13(8-10-16)15(18)19/h12-13H,3-11H2,1-2H3,(H,18,19). The van der Waals surface area contributed by atoms with E-state index in [9.17, 15) is 9.59 Å². The third kappa shape index (κ3) is 5.21. The van der Waals surface area contributed by atoms with E-state index < -0.39 is 5.97 Å². The van der Waals surface area contributed by atoms with Crippen molar-refractivity contribution in [1.29, 1.82) is 0 Å². The molecule has 0 aromatic rings. The number of rotatable bonds is 7. The largest absolute Gasteiger partial charge is 0.481 e. The summed E-state index contributed by atoms with van der Waals surface area (Å²) >= 11 is 0. The van der Waals surface area contributed by atoms with E-state index in [1.807, 2.05) is 4.90 Å². The van der Waals surface area contributed by atoms with Gasteiger partial charge >= 0.3 is 5.97 Å². The molecule has 0 bridgehead atoms. The zero-order chi connectivity index (χ0) is 14.3. The second-order valence-electron chi connectivity index (χ2n) is 5.61. The molecule has 1 fully saturated rings. The first-order chi connectivity index (χ1) is 9.08. The van der Waals surface area contributed by atoms with E-state index in [1.165, 1.54) is 12.8 Å². The summed E-state index contributed by atoms with van der Waals surface area (Å²) in [5.41, 5.74) is 0. The van der Waals surface area contributed by atoms with Gasteiger partial charge in [0, 0.05) is 19.5 Å². The average molecular weight is 269 g/mol. The Bertz CT molecular complexity index is 296. The van der Waals surface area contributed by atoms with E-state index in [-0.39, 0.29) is 11.8 Å². The van der Waals surface area contributed by atoms with Gasteiger partial charge in [-0.1, -0.05) is 33.1 Å². The van der Waals surface area contributed by atoms with Gasteiger partial charge in [0.15, 0.2) is 0 Å². The molecule has 1 aliphatic heterocycles. The Kier molecular flexibility index (Phi) is 6.89. The second kappa shape index (κ2) is 8.18. The van der Waals surface area contributed by atoms with Crippen molar-refractivity contribution in [2.75, 3.05) is 13.1 Å². The minimum atomic E-state index is -0.721. The quantitative estimate of drug-likeness (QED) is 0.773. The number of carboxylic acids is 1. The van der Waals surface area contributed by atoms with Crippen molar-refractivity contribution < 1.29 is 14.7 Å². The van der Waals surface area contributed by atoms with Crippen LogP contribution in [0.4, 0.5) is 0 Å².